The van der Waals surface area contributed by atoms with Crippen molar-refractivity contribution in [1.82, 2.24) is 5.32 Å². The van der Waals surface area contributed by atoms with Crippen LogP contribution in [0.3, 0.4) is 0 Å². The third-order valence-corrected chi connectivity index (χ3v) is 12.0. The molecule has 8 atom stereocenters. The van der Waals surface area contributed by atoms with Gasteiger partial charge in [0.15, 0.2) is 12.4 Å². The summed E-state index contributed by atoms with van der Waals surface area (Å²) in [5.74, 6) is -1.27. The highest BCUT2D eigenvalue weighted by Gasteiger charge is 2.47. The zero-order valence-electron chi connectivity index (χ0n) is 43.6. The van der Waals surface area contributed by atoms with Crippen molar-refractivity contribution in [3.8, 4) is 0 Å². The van der Waals surface area contributed by atoms with Crippen LogP contribution in [0.1, 0.15) is 188 Å². The molecule has 11 nitrogen and oxygen atoms in total. The highest BCUT2D eigenvalue weighted by atomic mass is 16.7. The van der Waals surface area contributed by atoms with Crippen LogP contribution in [-0.4, -0.2) is 99.6 Å². The average Bonchev–Trinajstić information content (AvgIpc) is 3.36. The largest absolute Gasteiger partial charge is 0.454 e. The maximum absolute atomic E-state index is 13.3. The van der Waals surface area contributed by atoms with Crippen LogP contribution < -0.4 is 5.32 Å². The van der Waals surface area contributed by atoms with E-state index in [0.29, 0.717) is 12.8 Å². The Morgan fingerprint density at radius 1 is 0.586 bits per heavy atom. The van der Waals surface area contributed by atoms with Gasteiger partial charge >= 0.3 is 5.97 Å². The molecular weight excluding hydrogens is 883 g/mol. The molecule has 1 fully saturated rings. The summed E-state index contributed by atoms with van der Waals surface area (Å²) in [6, 6.07) is -1.06. The van der Waals surface area contributed by atoms with Gasteiger partial charge in [-0.25, -0.2) is 0 Å². The van der Waals surface area contributed by atoms with E-state index in [4.69, 9.17) is 14.2 Å². The molecule has 1 rings (SSSR count). The molecule has 11 heteroatoms. The number of hydrogen-bond donors (Lipinski definition) is 6. The second kappa shape index (κ2) is 46.4. The molecule has 1 saturated heterocycles. The van der Waals surface area contributed by atoms with E-state index in [1.807, 2.05) is 60.8 Å². The van der Waals surface area contributed by atoms with Gasteiger partial charge in [-0.1, -0.05) is 214 Å². The molecule has 1 aliphatic rings. The lowest BCUT2D eigenvalue weighted by Crippen LogP contribution is -2.61. The molecule has 1 amide bonds. The SMILES string of the molecule is CC/C=C/C=C/C=C\C=C/C=C/CCCCC(O)C(=O)NC(COC1OC(CO)C(O)C(O)C1OC(=O)CCCCCC/C=C/C/C=C/C/C=C/CC)C(O)/C=C/CCCCCCCCCCCCC. The molecule has 1 aliphatic heterocycles. The number of ether oxygens (including phenoxy) is 3. The average molecular weight is 980 g/mol. The minimum absolute atomic E-state index is 0.0857. The van der Waals surface area contributed by atoms with Gasteiger partial charge in [0.05, 0.1) is 25.4 Å². The van der Waals surface area contributed by atoms with E-state index >= 15 is 0 Å². The van der Waals surface area contributed by atoms with E-state index in [1.54, 1.807) is 6.08 Å². The molecule has 6 N–H and O–H groups in total. The van der Waals surface area contributed by atoms with Crippen molar-refractivity contribution in [1.29, 1.82) is 0 Å². The van der Waals surface area contributed by atoms with E-state index in [9.17, 15) is 35.1 Å². The number of aliphatic hydroxyl groups excluding tert-OH is 5. The van der Waals surface area contributed by atoms with Crippen LogP contribution in [0.5, 0.6) is 0 Å². The van der Waals surface area contributed by atoms with Crippen LogP contribution in [0.25, 0.3) is 0 Å². The van der Waals surface area contributed by atoms with E-state index in [0.717, 1.165) is 89.9 Å². The van der Waals surface area contributed by atoms with Crippen LogP contribution in [-0.2, 0) is 23.8 Å². The maximum Gasteiger partial charge on any atom is 0.306 e. The molecule has 0 aromatic carbocycles. The second-order valence-electron chi connectivity index (χ2n) is 18.3. The molecule has 0 aliphatic carbocycles. The molecule has 1 heterocycles. The fraction of sp³-hybridized carbons (Fsp3) is 0.661. The van der Waals surface area contributed by atoms with Crippen LogP contribution in [0.15, 0.2) is 109 Å². The van der Waals surface area contributed by atoms with Crippen LogP contribution in [0.4, 0.5) is 0 Å². The summed E-state index contributed by atoms with van der Waals surface area (Å²) in [6.07, 6.45) is 51.3. The summed E-state index contributed by atoms with van der Waals surface area (Å²) in [5, 5.41) is 56.7. The molecule has 0 spiro atoms. The van der Waals surface area contributed by atoms with E-state index in [2.05, 4.69) is 68.6 Å². The number of carbonyl (C=O) groups excluding carboxylic acids is 2. The van der Waals surface area contributed by atoms with Crippen LogP contribution in [0, 0.1) is 0 Å². The Morgan fingerprint density at radius 3 is 1.71 bits per heavy atom. The molecule has 398 valence electrons. The molecule has 0 aromatic heterocycles. The number of nitrogens with one attached hydrogen (secondary N) is 1. The summed E-state index contributed by atoms with van der Waals surface area (Å²) in [4.78, 5) is 26.4. The monoisotopic (exact) mass is 980 g/mol. The number of allylic oxidation sites excluding steroid dienone is 17. The zero-order valence-corrected chi connectivity index (χ0v) is 43.6. The summed E-state index contributed by atoms with van der Waals surface area (Å²) in [5.41, 5.74) is 0. The third kappa shape index (κ3) is 34.6. The first-order valence-electron chi connectivity index (χ1n) is 27.2. The number of rotatable bonds is 43. The number of amides is 1. The molecule has 8 unspecified atom stereocenters. The Labute approximate surface area is 424 Å². The summed E-state index contributed by atoms with van der Waals surface area (Å²) in [6.45, 7) is 5.45. The predicted molar refractivity (Wildman–Crippen MR) is 287 cm³/mol. The molecule has 0 bridgehead atoms. The first kappa shape index (κ1) is 64.3. The second-order valence-corrected chi connectivity index (χ2v) is 18.3. The van der Waals surface area contributed by atoms with Crippen molar-refractivity contribution in [3.63, 3.8) is 0 Å². The Bertz CT molecular complexity index is 1550. The lowest BCUT2D eigenvalue weighted by molar-refractivity contribution is -0.305. The fourth-order valence-electron chi connectivity index (χ4n) is 7.74. The standard InChI is InChI=1S/C59H97NO10/c1-4-7-10-13-16-19-22-25-28-31-34-37-40-43-46-52(63)58(67)60-50(51(62)45-42-39-36-33-30-27-24-21-18-15-12-9-6-3)49-68-59-57(56(66)55(65)53(48-61)69-59)70-54(64)47-44-41-38-35-32-29-26-23-20-17-14-11-8-5-2/h7-8,10-11,13,16-17,19-20,22,25-26,28-29,31,34,42,45,50-53,55-57,59,61-63,65-66H,4-6,9,12,14-15,18,21,23-24,27,30,32-33,35-41,43-44,46-49H2,1-3H3,(H,60,67)/b10-7+,11-8+,16-13+,20-17+,22-19-,28-25-,29-26+,34-31+,45-42+. The number of carbonyl (C=O) groups is 2. The van der Waals surface area contributed by atoms with Gasteiger partial charge in [-0.3, -0.25) is 9.59 Å². The van der Waals surface area contributed by atoms with E-state index in [-0.39, 0.29) is 19.4 Å². The van der Waals surface area contributed by atoms with Gasteiger partial charge in [-0.15, -0.1) is 0 Å². The van der Waals surface area contributed by atoms with Gasteiger partial charge in [-0.2, -0.15) is 0 Å². The molecule has 0 aromatic rings. The van der Waals surface area contributed by atoms with Gasteiger partial charge in [-0.05, 0) is 77.0 Å². The summed E-state index contributed by atoms with van der Waals surface area (Å²) < 4.78 is 17.5. The fourth-order valence-corrected chi connectivity index (χ4v) is 7.74. The smallest absolute Gasteiger partial charge is 0.306 e. The quantitative estimate of drug-likeness (QED) is 0.0149. The van der Waals surface area contributed by atoms with Gasteiger partial charge < -0.3 is 45.1 Å². The van der Waals surface area contributed by atoms with Crippen molar-refractivity contribution >= 4 is 11.9 Å². The summed E-state index contributed by atoms with van der Waals surface area (Å²) >= 11 is 0. The Kier molecular flexibility index (Phi) is 42.6. The van der Waals surface area contributed by atoms with Crippen LogP contribution in [0.2, 0.25) is 0 Å². The molecule has 0 radical (unpaired) electrons. The van der Waals surface area contributed by atoms with Crippen molar-refractivity contribution < 1.29 is 49.3 Å². The minimum Gasteiger partial charge on any atom is -0.454 e. The lowest BCUT2D eigenvalue weighted by atomic mass is 9.99. The predicted octanol–water partition coefficient (Wildman–Crippen LogP) is 11.8. The number of aliphatic hydroxyl groups is 5. The first-order valence-corrected chi connectivity index (χ1v) is 27.2. The maximum atomic E-state index is 13.3. The van der Waals surface area contributed by atoms with Crippen LogP contribution >= 0.6 is 0 Å². The van der Waals surface area contributed by atoms with E-state index < -0.39 is 67.4 Å². The van der Waals surface area contributed by atoms with Crippen molar-refractivity contribution in [2.45, 2.75) is 237 Å². The number of unbranched alkanes of at least 4 members (excludes halogenated alkanes) is 17. The van der Waals surface area contributed by atoms with Gasteiger partial charge in [0.1, 0.15) is 24.4 Å². The Morgan fingerprint density at radius 2 is 1.10 bits per heavy atom. The zero-order chi connectivity index (χ0) is 51.1. The van der Waals surface area contributed by atoms with Gasteiger partial charge in [0.2, 0.25) is 5.91 Å². The topological polar surface area (TPSA) is 175 Å². The van der Waals surface area contributed by atoms with Gasteiger partial charge in [0, 0.05) is 6.42 Å². The van der Waals surface area contributed by atoms with Crippen molar-refractivity contribution in [2.75, 3.05) is 13.2 Å². The number of esters is 1. The lowest BCUT2D eigenvalue weighted by Gasteiger charge is -2.41. The Balaban J connectivity index is 2.83. The molecular formula is C59H97NO10. The normalized spacial score (nSPS) is 20.6. The minimum atomic E-state index is -1.64. The number of hydrogen-bond acceptors (Lipinski definition) is 10. The molecule has 70 heavy (non-hydrogen) atoms. The van der Waals surface area contributed by atoms with Crippen molar-refractivity contribution in [3.05, 3.63) is 109 Å². The van der Waals surface area contributed by atoms with Gasteiger partial charge in [0.25, 0.3) is 0 Å². The first-order chi connectivity index (χ1) is 34.2. The highest BCUT2D eigenvalue weighted by molar-refractivity contribution is 5.80. The van der Waals surface area contributed by atoms with E-state index in [1.165, 1.54) is 51.4 Å². The van der Waals surface area contributed by atoms with Crippen molar-refractivity contribution in [2.24, 2.45) is 0 Å². The third-order valence-electron chi connectivity index (χ3n) is 12.0. The summed E-state index contributed by atoms with van der Waals surface area (Å²) in [7, 11) is 0. The molecule has 0 saturated carbocycles. The highest BCUT2D eigenvalue weighted by Crippen LogP contribution is 2.26. The Hall–Kier alpha value is -3.68.